The highest BCUT2D eigenvalue weighted by Gasteiger charge is 2.16. The fourth-order valence-electron chi connectivity index (χ4n) is 2.66. The number of pyridine rings is 1. The van der Waals surface area contributed by atoms with Gasteiger partial charge in [0.2, 0.25) is 0 Å². The summed E-state index contributed by atoms with van der Waals surface area (Å²) in [7, 11) is 0. The van der Waals surface area contributed by atoms with Gasteiger partial charge in [0, 0.05) is 22.8 Å². The highest BCUT2D eigenvalue weighted by Crippen LogP contribution is 2.24. The van der Waals surface area contributed by atoms with Crippen LogP contribution in [0.1, 0.15) is 24.1 Å². The summed E-state index contributed by atoms with van der Waals surface area (Å²) in [6.07, 6.45) is 4.82. The van der Waals surface area contributed by atoms with Crippen LogP contribution in [0.4, 0.5) is 0 Å². The standard InChI is InChI=1S/C17H18ClN3/c1-2-19-16(11-13-6-5-7-14(18)10-13)15-12-20-21-9-4-3-8-17(15)21/h3-10,12,16,19H,2,11H2,1H3. The van der Waals surface area contributed by atoms with E-state index in [1.165, 1.54) is 11.1 Å². The average molecular weight is 300 g/mol. The summed E-state index contributed by atoms with van der Waals surface area (Å²) in [6, 6.07) is 14.4. The lowest BCUT2D eigenvalue weighted by atomic mass is 10.00. The van der Waals surface area contributed by atoms with Crippen LogP contribution in [0.2, 0.25) is 5.02 Å². The average Bonchev–Trinajstić information content (AvgIpc) is 2.91. The zero-order valence-corrected chi connectivity index (χ0v) is 12.7. The molecule has 2 aromatic heterocycles. The number of aromatic nitrogens is 2. The van der Waals surface area contributed by atoms with Gasteiger partial charge in [0.25, 0.3) is 0 Å². The van der Waals surface area contributed by atoms with Crippen molar-refractivity contribution in [2.24, 2.45) is 0 Å². The number of rotatable bonds is 5. The Morgan fingerprint density at radius 1 is 1.24 bits per heavy atom. The zero-order chi connectivity index (χ0) is 14.7. The lowest BCUT2D eigenvalue weighted by Gasteiger charge is -2.17. The van der Waals surface area contributed by atoms with Gasteiger partial charge in [0.05, 0.1) is 11.7 Å². The zero-order valence-electron chi connectivity index (χ0n) is 12.0. The first-order chi connectivity index (χ1) is 10.3. The largest absolute Gasteiger partial charge is 0.310 e. The normalized spacial score (nSPS) is 12.7. The van der Waals surface area contributed by atoms with Crippen LogP contribution in [-0.4, -0.2) is 16.2 Å². The monoisotopic (exact) mass is 299 g/mol. The van der Waals surface area contributed by atoms with Crippen molar-refractivity contribution >= 4 is 17.1 Å². The van der Waals surface area contributed by atoms with E-state index in [9.17, 15) is 0 Å². The van der Waals surface area contributed by atoms with E-state index in [1.54, 1.807) is 0 Å². The summed E-state index contributed by atoms with van der Waals surface area (Å²) in [5.41, 5.74) is 3.59. The molecule has 4 heteroatoms. The maximum absolute atomic E-state index is 6.09. The minimum atomic E-state index is 0.230. The Morgan fingerprint density at radius 2 is 2.14 bits per heavy atom. The Morgan fingerprint density at radius 3 is 2.95 bits per heavy atom. The molecule has 0 amide bonds. The number of hydrogen-bond acceptors (Lipinski definition) is 2. The predicted molar refractivity (Wildman–Crippen MR) is 86.8 cm³/mol. The molecule has 0 saturated heterocycles. The Hall–Kier alpha value is -1.84. The van der Waals surface area contributed by atoms with Crippen LogP contribution in [0.3, 0.4) is 0 Å². The van der Waals surface area contributed by atoms with Gasteiger partial charge in [-0.25, -0.2) is 4.52 Å². The molecule has 1 atom stereocenters. The molecular formula is C17H18ClN3. The number of benzene rings is 1. The lowest BCUT2D eigenvalue weighted by molar-refractivity contribution is 0.553. The molecule has 0 saturated carbocycles. The van der Waals surface area contributed by atoms with E-state index in [1.807, 2.05) is 47.2 Å². The first kappa shape index (κ1) is 14.1. The van der Waals surface area contributed by atoms with Crippen molar-refractivity contribution in [1.29, 1.82) is 0 Å². The molecule has 0 bridgehead atoms. The van der Waals surface area contributed by atoms with Crippen molar-refractivity contribution in [1.82, 2.24) is 14.9 Å². The van der Waals surface area contributed by atoms with E-state index in [4.69, 9.17) is 11.6 Å². The third-order valence-electron chi connectivity index (χ3n) is 3.61. The first-order valence-corrected chi connectivity index (χ1v) is 7.56. The van der Waals surface area contributed by atoms with Crippen LogP contribution >= 0.6 is 11.6 Å². The van der Waals surface area contributed by atoms with Crippen molar-refractivity contribution < 1.29 is 0 Å². The fourth-order valence-corrected chi connectivity index (χ4v) is 2.87. The van der Waals surface area contributed by atoms with Gasteiger partial charge < -0.3 is 5.32 Å². The maximum Gasteiger partial charge on any atom is 0.0709 e. The summed E-state index contributed by atoms with van der Waals surface area (Å²) in [5, 5.41) is 8.76. The van der Waals surface area contributed by atoms with E-state index in [0.29, 0.717) is 0 Å². The number of fused-ring (bicyclic) bond motifs is 1. The molecule has 1 unspecified atom stereocenters. The molecule has 0 aliphatic rings. The minimum Gasteiger partial charge on any atom is -0.310 e. The van der Waals surface area contributed by atoms with Gasteiger partial charge in [-0.2, -0.15) is 5.10 Å². The van der Waals surface area contributed by atoms with Crippen molar-refractivity contribution in [2.75, 3.05) is 6.54 Å². The molecule has 0 radical (unpaired) electrons. The summed E-state index contributed by atoms with van der Waals surface area (Å²) < 4.78 is 1.91. The summed E-state index contributed by atoms with van der Waals surface area (Å²) in [6.45, 7) is 3.03. The van der Waals surface area contributed by atoms with Gasteiger partial charge in [-0.3, -0.25) is 0 Å². The molecule has 0 aliphatic heterocycles. The van der Waals surface area contributed by atoms with Gasteiger partial charge in [-0.15, -0.1) is 0 Å². The molecule has 0 aliphatic carbocycles. The summed E-state index contributed by atoms with van der Waals surface area (Å²) in [5.74, 6) is 0. The Balaban J connectivity index is 1.94. The molecule has 2 heterocycles. The second-order valence-electron chi connectivity index (χ2n) is 5.07. The third kappa shape index (κ3) is 3.09. The van der Waals surface area contributed by atoms with Crippen molar-refractivity contribution in [3.63, 3.8) is 0 Å². The Kier molecular flexibility index (Phi) is 4.23. The molecule has 0 spiro atoms. The summed E-state index contributed by atoms with van der Waals surface area (Å²) >= 11 is 6.09. The number of nitrogens with one attached hydrogen (secondary N) is 1. The third-order valence-corrected chi connectivity index (χ3v) is 3.85. The number of hydrogen-bond donors (Lipinski definition) is 1. The fraction of sp³-hybridized carbons (Fsp3) is 0.235. The van der Waals surface area contributed by atoms with Crippen LogP contribution in [0.15, 0.2) is 54.9 Å². The van der Waals surface area contributed by atoms with Crippen LogP contribution in [-0.2, 0) is 6.42 Å². The Labute approximate surface area is 129 Å². The minimum absolute atomic E-state index is 0.230. The molecular weight excluding hydrogens is 282 g/mol. The molecule has 3 rings (SSSR count). The molecule has 0 fully saturated rings. The lowest BCUT2D eigenvalue weighted by Crippen LogP contribution is -2.22. The van der Waals surface area contributed by atoms with E-state index in [-0.39, 0.29) is 6.04 Å². The van der Waals surface area contributed by atoms with E-state index >= 15 is 0 Å². The molecule has 21 heavy (non-hydrogen) atoms. The molecule has 1 N–H and O–H groups in total. The van der Waals surface area contributed by atoms with Crippen LogP contribution < -0.4 is 5.32 Å². The highest BCUT2D eigenvalue weighted by molar-refractivity contribution is 6.30. The maximum atomic E-state index is 6.09. The predicted octanol–water partition coefficient (Wildman–Crippen LogP) is 3.88. The van der Waals surface area contributed by atoms with Gasteiger partial charge in [0.15, 0.2) is 0 Å². The van der Waals surface area contributed by atoms with Crippen molar-refractivity contribution in [3.8, 4) is 0 Å². The van der Waals surface area contributed by atoms with Crippen molar-refractivity contribution in [3.05, 3.63) is 71.0 Å². The van der Waals surface area contributed by atoms with E-state index in [2.05, 4.69) is 29.5 Å². The van der Waals surface area contributed by atoms with Gasteiger partial charge >= 0.3 is 0 Å². The van der Waals surface area contributed by atoms with Gasteiger partial charge in [0.1, 0.15) is 0 Å². The molecule has 108 valence electrons. The number of halogens is 1. The smallest absolute Gasteiger partial charge is 0.0709 e. The van der Waals surface area contributed by atoms with E-state index < -0.39 is 0 Å². The summed E-state index contributed by atoms with van der Waals surface area (Å²) in [4.78, 5) is 0. The SMILES string of the molecule is CCNC(Cc1cccc(Cl)c1)c1cnn2ccccc12. The van der Waals surface area contributed by atoms with E-state index in [0.717, 1.165) is 23.5 Å². The first-order valence-electron chi connectivity index (χ1n) is 7.18. The number of likely N-dealkylation sites (N-methyl/N-ethyl adjacent to an activating group) is 1. The highest BCUT2D eigenvalue weighted by atomic mass is 35.5. The molecule has 3 nitrogen and oxygen atoms in total. The van der Waals surface area contributed by atoms with Crippen molar-refractivity contribution in [2.45, 2.75) is 19.4 Å². The van der Waals surface area contributed by atoms with Crippen LogP contribution in [0.5, 0.6) is 0 Å². The molecule has 1 aromatic carbocycles. The number of nitrogens with zero attached hydrogens (tertiary/aromatic N) is 2. The Bertz CT molecular complexity index is 735. The topological polar surface area (TPSA) is 29.3 Å². The van der Waals surface area contributed by atoms with Gasteiger partial charge in [-0.05, 0) is 42.8 Å². The molecule has 3 aromatic rings. The van der Waals surface area contributed by atoms with Crippen LogP contribution in [0, 0.1) is 0 Å². The second kappa shape index (κ2) is 6.29. The second-order valence-corrected chi connectivity index (χ2v) is 5.51. The van der Waals surface area contributed by atoms with Crippen LogP contribution in [0.25, 0.3) is 5.52 Å². The quantitative estimate of drug-likeness (QED) is 0.774. The van der Waals surface area contributed by atoms with Gasteiger partial charge in [-0.1, -0.05) is 36.7 Å².